The first kappa shape index (κ1) is 15.1. The first-order valence-electron chi connectivity index (χ1n) is 7.44. The Morgan fingerprint density at radius 3 is 2.64 bits per heavy atom. The highest BCUT2D eigenvalue weighted by molar-refractivity contribution is 7.90. The number of tetrazole rings is 1. The highest BCUT2D eigenvalue weighted by atomic mass is 32.2. The van der Waals surface area contributed by atoms with E-state index in [-0.39, 0.29) is 11.8 Å². The fourth-order valence-corrected chi connectivity index (χ4v) is 3.83. The number of aryl methyl sites for hydroxylation is 2. The zero-order valence-electron chi connectivity index (χ0n) is 13.0. The van der Waals surface area contributed by atoms with Crippen LogP contribution in [0, 0.1) is 13.8 Å². The van der Waals surface area contributed by atoms with Gasteiger partial charge < -0.3 is 0 Å². The van der Waals surface area contributed by atoms with Crippen LogP contribution in [-0.2, 0) is 15.6 Å². The average molecular weight is 320 g/mol. The molecule has 1 atom stereocenters. The molecule has 2 aromatic rings. The van der Waals surface area contributed by atoms with Gasteiger partial charge in [-0.15, -0.1) is 5.10 Å². The van der Waals surface area contributed by atoms with Gasteiger partial charge in [0.05, 0.1) is 11.8 Å². The van der Waals surface area contributed by atoms with Gasteiger partial charge in [-0.3, -0.25) is 0 Å². The van der Waals surface area contributed by atoms with Crippen LogP contribution in [0.1, 0.15) is 53.6 Å². The van der Waals surface area contributed by atoms with Crippen molar-refractivity contribution in [3.8, 4) is 0 Å². The third-order valence-corrected chi connectivity index (χ3v) is 6.28. The van der Waals surface area contributed by atoms with Gasteiger partial charge in [-0.25, -0.2) is 13.1 Å². The van der Waals surface area contributed by atoms with Gasteiger partial charge in [0.25, 0.3) is 0 Å². The zero-order chi connectivity index (χ0) is 15.9. The van der Waals surface area contributed by atoms with E-state index in [0.29, 0.717) is 5.82 Å². The Labute approximate surface area is 130 Å². The summed E-state index contributed by atoms with van der Waals surface area (Å²) in [6, 6.07) is 6.03. The molecular weight excluding hydrogens is 300 g/mol. The maximum absolute atomic E-state index is 12.7. The molecule has 0 amide bonds. The fraction of sp³-hybridized carbons (Fsp3) is 0.533. The van der Waals surface area contributed by atoms with Gasteiger partial charge in [-0.2, -0.15) is 0 Å². The molecule has 0 bridgehead atoms. The Kier molecular flexibility index (Phi) is 3.76. The molecule has 22 heavy (non-hydrogen) atoms. The molecule has 0 aliphatic heterocycles. The molecule has 1 aromatic carbocycles. The Hall–Kier alpha value is -1.76. The summed E-state index contributed by atoms with van der Waals surface area (Å²) in [5.74, 6) is 0.457. The van der Waals surface area contributed by atoms with Gasteiger partial charge in [0, 0.05) is 0 Å². The lowest BCUT2D eigenvalue weighted by atomic mass is 10.1. The predicted octanol–water partition coefficient (Wildman–Crippen LogP) is 2.30. The molecule has 1 heterocycles. The van der Waals surface area contributed by atoms with Crippen LogP contribution in [0.5, 0.6) is 0 Å². The second-order valence-electron chi connectivity index (χ2n) is 6.08. The van der Waals surface area contributed by atoms with Crippen LogP contribution >= 0.6 is 0 Å². The maximum Gasteiger partial charge on any atom is 0.169 e. The summed E-state index contributed by atoms with van der Waals surface area (Å²) in [4.78, 5) is 0. The van der Waals surface area contributed by atoms with Crippen molar-refractivity contribution in [3.63, 3.8) is 0 Å². The number of benzene rings is 1. The van der Waals surface area contributed by atoms with Gasteiger partial charge in [-0.1, -0.05) is 18.2 Å². The van der Waals surface area contributed by atoms with E-state index in [0.717, 1.165) is 29.5 Å². The second kappa shape index (κ2) is 5.46. The number of hydrogen-bond donors (Lipinski definition) is 0. The zero-order valence-corrected chi connectivity index (χ0v) is 13.8. The Morgan fingerprint density at radius 1 is 1.27 bits per heavy atom. The lowest BCUT2D eigenvalue weighted by Crippen LogP contribution is -2.17. The lowest BCUT2D eigenvalue weighted by Gasteiger charge is -2.13. The molecule has 1 fully saturated rings. The van der Waals surface area contributed by atoms with Gasteiger partial charge in [-0.05, 0) is 60.7 Å². The summed E-state index contributed by atoms with van der Waals surface area (Å²) in [5.41, 5.74) is 3.07. The summed E-state index contributed by atoms with van der Waals surface area (Å²) in [6.45, 7) is 5.67. The molecule has 6 nitrogen and oxygen atoms in total. The summed E-state index contributed by atoms with van der Waals surface area (Å²) < 4.78 is 27.0. The largest absolute Gasteiger partial charge is 0.228 e. The van der Waals surface area contributed by atoms with Crippen molar-refractivity contribution in [1.29, 1.82) is 0 Å². The van der Waals surface area contributed by atoms with E-state index < -0.39 is 15.1 Å². The van der Waals surface area contributed by atoms with E-state index in [1.807, 2.05) is 32.0 Å². The van der Waals surface area contributed by atoms with Crippen LogP contribution in [0.15, 0.2) is 18.2 Å². The predicted molar refractivity (Wildman–Crippen MR) is 83.0 cm³/mol. The molecule has 0 radical (unpaired) electrons. The lowest BCUT2D eigenvalue weighted by molar-refractivity contribution is 0.556. The first-order valence-corrected chi connectivity index (χ1v) is 9.15. The van der Waals surface area contributed by atoms with Crippen molar-refractivity contribution in [2.45, 2.75) is 50.7 Å². The van der Waals surface area contributed by atoms with Gasteiger partial charge in [0.15, 0.2) is 15.7 Å². The van der Waals surface area contributed by atoms with Gasteiger partial charge in [0.1, 0.15) is 5.25 Å². The van der Waals surface area contributed by atoms with Crippen molar-refractivity contribution in [1.82, 2.24) is 20.2 Å². The minimum absolute atomic E-state index is 0.00676. The van der Waals surface area contributed by atoms with E-state index in [1.54, 1.807) is 11.6 Å². The van der Waals surface area contributed by atoms with Crippen LogP contribution in [0.25, 0.3) is 0 Å². The third-order valence-electron chi connectivity index (χ3n) is 4.25. The van der Waals surface area contributed by atoms with E-state index >= 15 is 0 Å². The van der Waals surface area contributed by atoms with Crippen LogP contribution in [-0.4, -0.2) is 28.6 Å². The van der Waals surface area contributed by atoms with Crippen molar-refractivity contribution < 1.29 is 8.42 Å². The SMILES string of the molecule is Cc1ccc(CS(=O)(=O)C(C)c2nnnn2C2CC2)cc1C. The highest BCUT2D eigenvalue weighted by Crippen LogP contribution is 2.36. The number of nitrogens with zero attached hydrogens (tertiary/aromatic N) is 4. The molecule has 7 heteroatoms. The molecule has 1 aliphatic rings. The van der Waals surface area contributed by atoms with Crippen LogP contribution in [0.2, 0.25) is 0 Å². The van der Waals surface area contributed by atoms with Gasteiger partial charge in [0.2, 0.25) is 0 Å². The van der Waals surface area contributed by atoms with E-state index in [9.17, 15) is 8.42 Å². The quantitative estimate of drug-likeness (QED) is 0.844. The monoisotopic (exact) mass is 320 g/mol. The van der Waals surface area contributed by atoms with Crippen molar-refractivity contribution >= 4 is 9.84 Å². The number of rotatable bonds is 5. The average Bonchev–Trinajstić information content (AvgIpc) is 3.19. The molecule has 0 N–H and O–H groups in total. The maximum atomic E-state index is 12.7. The van der Waals surface area contributed by atoms with Crippen LogP contribution in [0.3, 0.4) is 0 Å². The Bertz CT molecular complexity index is 794. The topological polar surface area (TPSA) is 77.7 Å². The molecule has 1 aromatic heterocycles. The summed E-state index contributed by atoms with van der Waals surface area (Å²) in [6.07, 6.45) is 2.03. The minimum Gasteiger partial charge on any atom is -0.228 e. The molecule has 1 unspecified atom stereocenters. The molecule has 1 aliphatic carbocycles. The highest BCUT2D eigenvalue weighted by Gasteiger charge is 2.34. The summed E-state index contributed by atoms with van der Waals surface area (Å²) in [7, 11) is -3.36. The summed E-state index contributed by atoms with van der Waals surface area (Å²) >= 11 is 0. The molecule has 0 saturated heterocycles. The second-order valence-corrected chi connectivity index (χ2v) is 8.40. The fourth-order valence-electron chi connectivity index (χ4n) is 2.46. The van der Waals surface area contributed by atoms with E-state index in [4.69, 9.17) is 0 Å². The van der Waals surface area contributed by atoms with Gasteiger partial charge >= 0.3 is 0 Å². The molecule has 0 spiro atoms. The van der Waals surface area contributed by atoms with Crippen molar-refractivity contribution in [3.05, 3.63) is 40.7 Å². The minimum atomic E-state index is -3.36. The molecule has 1 saturated carbocycles. The Balaban J connectivity index is 1.85. The van der Waals surface area contributed by atoms with Crippen LogP contribution < -0.4 is 0 Å². The van der Waals surface area contributed by atoms with Crippen molar-refractivity contribution in [2.24, 2.45) is 0 Å². The number of aromatic nitrogens is 4. The molecule has 3 rings (SSSR count). The number of hydrogen-bond acceptors (Lipinski definition) is 5. The van der Waals surface area contributed by atoms with E-state index in [1.165, 1.54) is 0 Å². The van der Waals surface area contributed by atoms with Crippen LogP contribution in [0.4, 0.5) is 0 Å². The first-order chi connectivity index (χ1) is 10.4. The molecule has 118 valence electrons. The number of sulfone groups is 1. The standard InChI is InChI=1S/C15H20N4O2S/c1-10-4-5-13(8-11(10)2)9-22(20,21)12(3)15-16-17-18-19(15)14-6-7-14/h4-5,8,12,14H,6-7,9H2,1-3H3. The normalized spacial score (nSPS) is 16.7. The smallest absolute Gasteiger partial charge is 0.169 e. The van der Waals surface area contributed by atoms with E-state index in [2.05, 4.69) is 15.5 Å². The third kappa shape index (κ3) is 2.90. The summed E-state index contributed by atoms with van der Waals surface area (Å²) in [5, 5.41) is 10.8. The molecular formula is C15H20N4O2S. The van der Waals surface area contributed by atoms with Crippen molar-refractivity contribution in [2.75, 3.05) is 0 Å². The Morgan fingerprint density at radius 2 is 2.00 bits per heavy atom.